The summed E-state index contributed by atoms with van der Waals surface area (Å²) in [6.45, 7) is 38.7. The molecule has 0 aliphatic carbocycles. The molecule has 494 valence electrons. The van der Waals surface area contributed by atoms with Gasteiger partial charge in [-0.3, -0.25) is 0 Å². The van der Waals surface area contributed by atoms with E-state index in [2.05, 4.69) is 166 Å². The van der Waals surface area contributed by atoms with Gasteiger partial charge in [-0.2, -0.15) is 0 Å². The molecule has 7 nitrogen and oxygen atoms in total. The molecule has 0 saturated heterocycles. The fourth-order valence-electron chi connectivity index (χ4n) is 4.36. The smallest absolute Gasteiger partial charge is 0.0594 e. The summed E-state index contributed by atoms with van der Waals surface area (Å²) >= 11 is 0. The van der Waals surface area contributed by atoms with Crippen molar-refractivity contribution < 1.29 is 33.2 Å². The van der Waals surface area contributed by atoms with Crippen LogP contribution >= 0.6 is 0 Å². The van der Waals surface area contributed by atoms with Crippen LogP contribution in [0.15, 0.2) is 182 Å². The summed E-state index contributed by atoms with van der Waals surface area (Å²) in [5, 5.41) is 7.86. The Morgan fingerprint density at radius 1 is 0.256 bits per heavy atom. The summed E-state index contributed by atoms with van der Waals surface area (Å²) in [7, 11) is 18.7. The molecule has 0 N–H and O–H groups in total. The number of ether oxygens (including phenoxy) is 7. The highest BCUT2D eigenvalue weighted by Crippen LogP contribution is 2.13. The third kappa shape index (κ3) is 82.2. The molecule has 7 aromatic rings. The van der Waals surface area contributed by atoms with E-state index in [1.807, 2.05) is 140 Å². The van der Waals surface area contributed by atoms with E-state index in [9.17, 15) is 0 Å². The van der Waals surface area contributed by atoms with E-state index in [1.54, 1.807) is 49.8 Å². The number of hydrogen-bond donors (Lipinski definition) is 0. The van der Waals surface area contributed by atoms with E-state index in [1.165, 1.54) is 121 Å². The second-order valence-electron chi connectivity index (χ2n) is 23.5. The van der Waals surface area contributed by atoms with Crippen LogP contribution < -0.4 is 0 Å². The molecule has 7 aromatic carbocycles. The molecule has 0 heterocycles. The summed E-state index contributed by atoms with van der Waals surface area (Å²) in [6.07, 6.45) is 3.89. The first-order chi connectivity index (χ1) is 40.4. The number of rotatable bonds is 7. The standard InChI is InChI=1S/3C10H8.C6H6.5C5H12O.2C4H12OSi.C3H10Si.2CH6Si/c3*1-2-6-10-8-4-3-7-9(10)5-1;1-2-4-6-5-3-1;5*1-5(2,3)6-4;2*1-5-3-2-4-6;1-2-3-4;2*1-2/h3*1-8H;1-6H;5*1-4H3;2*2-4H2,1,6H3;2-3H2,1,4H3;2*1-2H3. The van der Waals surface area contributed by atoms with Crippen molar-refractivity contribution in [1.82, 2.24) is 0 Å². The van der Waals surface area contributed by atoms with Crippen LogP contribution in [-0.2, 0) is 33.2 Å². The zero-order valence-corrected chi connectivity index (χ0v) is 71.3. The van der Waals surface area contributed by atoms with Gasteiger partial charge < -0.3 is 33.2 Å². The van der Waals surface area contributed by atoms with Crippen LogP contribution in [0.5, 0.6) is 0 Å². The maximum Gasteiger partial charge on any atom is 0.0594 e. The molecule has 0 unspecified atom stereocenters. The van der Waals surface area contributed by atoms with Crippen molar-refractivity contribution in [2.75, 3.05) is 63.0 Å². The van der Waals surface area contributed by atoms with Gasteiger partial charge in [0.15, 0.2) is 0 Å². The Balaban J connectivity index is -0.000000159. The topological polar surface area (TPSA) is 64.6 Å². The average molecular weight is 1280 g/mol. The van der Waals surface area contributed by atoms with Crippen molar-refractivity contribution in [2.45, 2.75) is 189 Å². The number of benzene rings is 7. The van der Waals surface area contributed by atoms with E-state index in [0.717, 1.165) is 13.2 Å². The molecule has 0 saturated carbocycles. The first kappa shape index (κ1) is 95.8. The second kappa shape index (κ2) is 65.6. The third-order valence-corrected chi connectivity index (χ3v) is 13.0. The number of fused-ring (bicyclic) bond motifs is 3. The SMILES string of the molecule is CCC[SiH3].COC(C)(C)C.COC(C)(C)C.COC(C)(C)C.COC(C)(C)C.COC(C)(C)C.COCCC[SiH3].COCCC[SiH3].C[SiH3].C[SiH3].c1ccc2ccccc2c1.c1ccc2ccccc2c1.c1ccc2ccccc2c1.c1ccccc1. The van der Waals surface area contributed by atoms with Gasteiger partial charge in [0, 0.05) is 93.7 Å². The summed E-state index contributed by atoms with van der Waals surface area (Å²) < 4.78 is 34.3. The van der Waals surface area contributed by atoms with Crippen LogP contribution in [-0.4, -0.2) is 142 Å². The Hall–Kier alpha value is -3.88. The van der Waals surface area contributed by atoms with Crippen molar-refractivity contribution in [2.24, 2.45) is 0 Å². The van der Waals surface area contributed by atoms with Crippen molar-refractivity contribution >= 4 is 83.5 Å². The van der Waals surface area contributed by atoms with Gasteiger partial charge in [-0.15, -0.1) is 0 Å². The Labute approximate surface area is 547 Å². The largest absolute Gasteiger partial charge is 0.385 e. The van der Waals surface area contributed by atoms with Gasteiger partial charge in [-0.05, 0) is 169 Å². The van der Waals surface area contributed by atoms with Crippen LogP contribution in [0.1, 0.15) is 130 Å². The molecule has 0 amide bonds. The van der Waals surface area contributed by atoms with E-state index in [0.29, 0.717) is 0 Å². The highest BCUT2D eigenvalue weighted by Gasteiger charge is 2.06. The van der Waals surface area contributed by atoms with E-state index >= 15 is 0 Å². The molecule has 12 heteroatoms. The molecule has 0 spiro atoms. The Bertz CT molecular complexity index is 1880. The normalized spacial score (nSPS) is 10.2. The highest BCUT2D eigenvalue weighted by molar-refractivity contribution is 6.08. The molecule has 0 fully saturated rings. The Morgan fingerprint density at radius 3 is 0.430 bits per heavy atom. The molecule has 0 radical (unpaired) electrons. The van der Waals surface area contributed by atoms with Gasteiger partial charge in [-0.25, -0.2) is 0 Å². The van der Waals surface area contributed by atoms with Crippen LogP contribution in [0.25, 0.3) is 32.3 Å². The number of hydrogen-bond acceptors (Lipinski definition) is 7. The van der Waals surface area contributed by atoms with E-state index < -0.39 is 0 Å². The summed E-state index contributed by atoms with van der Waals surface area (Å²) in [4.78, 5) is 0. The molecular weight excluding hydrogens is 1140 g/mol. The lowest BCUT2D eigenvalue weighted by Gasteiger charge is -2.14. The lowest BCUT2D eigenvalue weighted by molar-refractivity contribution is 0.0394. The Morgan fingerprint density at radius 2 is 0.372 bits per heavy atom. The fraction of sp³-hybridized carbons (Fsp3) is 0.514. The van der Waals surface area contributed by atoms with Crippen LogP contribution in [0.2, 0.25) is 31.2 Å². The van der Waals surface area contributed by atoms with Crippen LogP contribution in [0, 0.1) is 0 Å². The quantitative estimate of drug-likeness (QED) is 0.116. The minimum Gasteiger partial charge on any atom is -0.385 e. The van der Waals surface area contributed by atoms with Crippen LogP contribution in [0.3, 0.4) is 0 Å². The summed E-state index contributed by atoms with van der Waals surface area (Å²) in [6, 6.07) is 66.3. The maximum atomic E-state index is 4.94. The molecule has 0 bridgehead atoms. The molecule has 7 rings (SSSR count). The van der Waals surface area contributed by atoms with E-state index in [4.69, 9.17) is 33.2 Å². The van der Waals surface area contributed by atoms with Crippen molar-refractivity contribution in [3.63, 3.8) is 0 Å². The molecule has 0 aliphatic rings. The summed E-state index contributed by atoms with van der Waals surface area (Å²) in [5.74, 6) is 0. The second-order valence-corrected chi connectivity index (χ2v) is 26.5. The van der Waals surface area contributed by atoms with Crippen molar-refractivity contribution in [3.05, 3.63) is 182 Å². The molecule has 0 aliphatic heterocycles. The van der Waals surface area contributed by atoms with Crippen LogP contribution in [0.4, 0.5) is 0 Å². The van der Waals surface area contributed by atoms with Gasteiger partial charge in [-0.1, -0.05) is 227 Å². The van der Waals surface area contributed by atoms with Gasteiger partial charge in [0.25, 0.3) is 0 Å². The zero-order valence-electron chi connectivity index (χ0n) is 61.3. The molecule has 0 atom stereocenters. The first-order valence-corrected chi connectivity index (χ1v) is 39.7. The van der Waals surface area contributed by atoms with Gasteiger partial charge in [0.1, 0.15) is 0 Å². The Kier molecular flexibility index (Phi) is 73.0. The fourth-order valence-corrected chi connectivity index (χ4v) is 4.94. The average Bonchev–Trinajstić information content (AvgIpc) is 3.74. The lowest BCUT2D eigenvalue weighted by Crippen LogP contribution is -2.15. The molecular formula is C74H136O7Si5. The third-order valence-electron chi connectivity index (χ3n) is 10.6. The minimum absolute atomic E-state index is 0.0417. The van der Waals surface area contributed by atoms with E-state index in [-0.39, 0.29) is 28.0 Å². The predicted octanol–water partition coefficient (Wildman–Crippen LogP) is 16.0. The molecule has 0 aromatic heterocycles. The lowest BCUT2D eigenvalue weighted by atomic mass is 10.1. The summed E-state index contributed by atoms with van der Waals surface area (Å²) in [5.41, 5.74) is 0.208. The van der Waals surface area contributed by atoms with Gasteiger partial charge in [0.2, 0.25) is 0 Å². The number of methoxy groups -OCH3 is 7. The first-order valence-electron chi connectivity index (χ1n) is 31.5. The monoisotopic (exact) mass is 1280 g/mol. The predicted molar refractivity (Wildman–Crippen MR) is 411 cm³/mol. The maximum absolute atomic E-state index is 4.94. The minimum atomic E-state index is 0.0417. The molecule has 86 heavy (non-hydrogen) atoms. The zero-order chi connectivity index (χ0) is 67.8. The van der Waals surface area contributed by atoms with Gasteiger partial charge in [0.05, 0.1) is 28.0 Å². The van der Waals surface area contributed by atoms with Crippen molar-refractivity contribution in [1.29, 1.82) is 0 Å². The van der Waals surface area contributed by atoms with Gasteiger partial charge >= 0.3 is 0 Å². The van der Waals surface area contributed by atoms with Crippen molar-refractivity contribution in [3.8, 4) is 0 Å². The highest BCUT2D eigenvalue weighted by atomic mass is 28.2.